The van der Waals surface area contributed by atoms with E-state index in [0.717, 1.165) is 0 Å². The number of nitrogens with one attached hydrogen (secondary N) is 1. The Morgan fingerprint density at radius 3 is 2.45 bits per heavy atom. The van der Waals surface area contributed by atoms with Crippen LogP contribution in [0.2, 0.25) is 0 Å². The molecule has 4 heteroatoms. The molecule has 112 valence electrons. The van der Waals surface area contributed by atoms with Crippen LogP contribution in [0.3, 0.4) is 0 Å². The number of amides is 1. The van der Waals surface area contributed by atoms with Gasteiger partial charge in [0.05, 0.1) is 11.8 Å². The molecular formula is C16H25NO3. The van der Waals surface area contributed by atoms with Gasteiger partial charge in [-0.05, 0) is 31.1 Å². The molecule has 0 heterocycles. The third kappa shape index (κ3) is 3.62. The summed E-state index contributed by atoms with van der Waals surface area (Å²) in [6.45, 7) is 2.95. The van der Waals surface area contributed by atoms with Crippen LogP contribution in [0.4, 0.5) is 0 Å². The molecule has 4 nitrogen and oxygen atoms in total. The maximum absolute atomic E-state index is 12.3. The van der Waals surface area contributed by atoms with Gasteiger partial charge in [-0.15, -0.1) is 0 Å². The standard InChI is InChI=1S/C16H25NO3/c1-11-6-2-3-7-12(11)10-17-15(18)13-8-4-5-9-14(13)16(19)20/h4-5,11-14H,2-3,6-10H2,1H3,(H,17,18)(H,19,20). The number of hydrogen-bond donors (Lipinski definition) is 2. The van der Waals surface area contributed by atoms with Crippen molar-refractivity contribution in [3.05, 3.63) is 12.2 Å². The normalized spacial score (nSPS) is 33.6. The summed E-state index contributed by atoms with van der Waals surface area (Å²) in [5, 5.41) is 12.2. The maximum atomic E-state index is 12.3. The molecule has 1 saturated carbocycles. The minimum atomic E-state index is -0.861. The highest BCUT2D eigenvalue weighted by atomic mass is 16.4. The topological polar surface area (TPSA) is 66.4 Å². The van der Waals surface area contributed by atoms with Gasteiger partial charge in [-0.1, -0.05) is 38.3 Å². The van der Waals surface area contributed by atoms with Crippen LogP contribution < -0.4 is 5.32 Å². The van der Waals surface area contributed by atoms with Crippen molar-refractivity contribution in [3.63, 3.8) is 0 Å². The first kappa shape index (κ1) is 15.1. The van der Waals surface area contributed by atoms with Crippen molar-refractivity contribution in [2.75, 3.05) is 6.54 Å². The minimum absolute atomic E-state index is 0.0838. The summed E-state index contributed by atoms with van der Waals surface area (Å²) in [4.78, 5) is 23.5. The van der Waals surface area contributed by atoms with Crippen LogP contribution >= 0.6 is 0 Å². The van der Waals surface area contributed by atoms with E-state index in [0.29, 0.717) is 31.2 Å². The van der Waals surface area contributed by atoms with E-state index in [9.17, 15) is 14.7 Å². The molecule has 2 rings (SSSR count). The van der Waals surface area contributed by atoms with Gasteiger partial charge in [0.2, 0.25) is 5.91 Å². The van der Waals surface area contributed by atoms with E-state index in [1.165, 1.54) is 25.7 Å². The molecule has 1 amide bonds. The van der Waals surface area contributed by atoms with E-state index in [1.54, 1.807) is 0 Å². The number of allylic oxidation sites excluding steroid dienone is 2. The molecule has 0 spiro atoms. The van der Waals surface area contributed by atoms with Crippen LogP contribution in [0.15, 0.2) is 12.2 Å². The third-order valence-corrected chi connectivity index (χ3v) is 4.91. The van der Waals surface area contributed by atoms with Crippen LogP contribution in [0, 0.1) is 23.7 Å². The summed E-state index contributed by atoms with van der Waals surface area (Å²) < 4.78 is 0. The van der Waals surface area contributed by atoms with Crippen molar-refractivity contribution >= 4 is 11.9 Å². The quantitative estimate of drug-likeness (QED) is 0.777. The first-order valence-corrected chi connectivity index (χ1v) is 7.75. The summed E-state index contributed by atoms with van der Waals surface area (Å²) in [7, 11) is 0. The van der Waals surface area contributed by atoms with Crippen molar-refractivity contribution < 1.29 is 14.7 Å². The number of carbonyl (C=O) groups is 2. The van der Waals surface area contributed by atoms with E-state index in [4.69, 9.17) is 0 Å². The molecule has 1 fully saturated rings. The van der Waals surface area contributed by atoms with E-state index >= 15 is 0 Å². The summed E-state index contributed by atoms with van der Waals surface area (Å²) in [6.07, 6.45) is 9.75. The number of rotatable bonds is 4. The molecule has 0 radical (unpaired) electrons. The Kier molecular flexibility index (Phi) is 5.21. The highest BCUT2D eigenvalue weighted by Crippen LogP contribution is 2.30. The van der Waals surface area contributed by atoms with Crippen molar-refractivity contribution in [1.29, 1.82) is 0 Å². The largest absolute Gasteiger partial charge is 0.481 e. The van der Waals surface area contributed by atoms with Crippen LogP contribution in [-0.2, 0) is 9.59 Å². The second kappa shape index (κ2) is 6.91. The van der Waals surface area contributed by atoms with Gasteiger partial charge in [0, 0.05) is 6.54 Å². The fourth-order valence-corrected chi connectivity index (χ4v) is 3.44. The second-order valence-corrected chi connectivity index (χ2v) is 6.26. The second-order valence-electron chi connectivity index (χ2n) is 6.26. The number of carboxylic acid groups (broad SMARTS) is 1. The van der Waals surface area contributed by atoms with Gasteiger partial charge in [-0.3, -0.25) is 9.59 Å². The molecule has 4 atom stereocenters. The van der Waals surface area contributed by atoms with Crippen molar-refractivity contribution in [2.45, 2.75) is 45.4 Å². The predicted molar refractivity (Wildman–Crippen MR) is 77.1 cm³/mol. The molecule has 0 aromatic rings. The van der Waals surface area contributed by atoms with Crippen LogP contribution in [0.5, 0.6) is 0 Å². The molecule has 0 bridgehead atoms. The van der Waals surface area contributed by atoms with E-state index < -0.39 is 17.8 Å². The zero-order valence-electron chi connectivity index (χ0n) is 12.2. The van der Waals surface area contributed by atoms with Crippen LogP contribution in [-0.4, -0.2) is 23.5 Å². The Labute approximate surface area is 120 Å². The van der Waals surface area contributed by atoms with Gasteiger partial charge in [0.15, 0.2) is 0 Å². The molecule has 0 aromatic carbocycles. The molecule has 0 saturated heterocycles. The average Bonchev–Trinajstić information content (AvgIpc) is 2.46. The zero-order chi connectivity index (χ0) is 14.5. The van der Waals surface area contributed by atoms with Crippen molar-refractivity contribution in [3.8, 4) is 0 Å². The summed E-state index contributed by atoms with van der Waals surface area (Å²) >= 11 is 0. The summed E-state index contributed by atoms with van der Waals surface area (Å²) in [6, 6.07) is 0. The van der Waals surface area contributed by atoms with E-state index in [1.807, 2.05) is 12.2 Å². The predicted octanol–water partition coefficient (Wildman–Crippen LogP) is 2.60. The number of hydrogen-bond acceptors (Lipinski definition) is 2. The highest BCUT2D eigenvalue weighted by Gasteiger charge is 2.34. The Morgan fingerprint density at radius 2 is 1.80 bits per heavy atom. The Balaban J connectivity index is 1.87. The molecule has 4 unspecified atom stereocenters. The Bertz CT molecular complexity index is 391. The lowest BCUT2D eigenvalue weighted by molar-refractivity contribution is -0.147. The SMILES string of the molecule is CC1CCCCC1CNC(=O)C1CC=CCC1C(=O)O. The first-order chi connectivity index (χ1) is 9.59. The number of carbonyl (C=O) groups excluding carboxylic acids is 1. The van der Waals surface area contributed by atoms with E-state index in [-0.39, 0.29) is 5.91 Å². The molecule has 0 aliphatic heterocycles. The fourth-order valence-electron chi connectivity index (χ4n) is 3.44. The monoisotopic (exact) mass is 279 g/mol. The highest BCUT2D eigenvalue weighted by molar-refractivity contribution is 5.85. The molecular weight excluding hydrogens is 254 g/mol. The minimum Gasteiger partial charge on any atom is -0.481 e. The lowest BCUT2D eigenvalue weighted by atomic mass is 9.79. The van der Waals surface area contributed by atoms with E-state index in [2.05, 4.69) is 12.2 Å². The number of carboxylic acids is 1. The van der Waals surface area contributed by atoms with Gasteiger partial charge in [-0.2, -0.15) is 0 Å². The lowest BCUT2D eigenvalue weighted by Crippen LogP contribution is -2.41. The van der Waals surface area contributed by atoms with Crippen LogP contribution in [0.25, 0.3) is 0 Å². The average molecular weight is 279 g/mol. The summed E-state index contributed by atoms with van der Waals surface area (Å²) in [5.41, 5.74) is 0. The number of aliphatic carboxylic acids is 1. The smallest absolute Gasteiger partial charge is 0.307 e. The summed E-state index contributed by atoms with van der Waals surface area (Å²) in [5.74, 6) is -0.707. The lowest BCUT2D eigenvalue weighted by Gasteiger charge is -2.30. The Hall–Kier alpha value is -1.32. The van der Waals surface area contributed by atoms with Gasteiger partial charge in [0.1, 0.15) is 0 Å². The third-order valence-electron chi connectivity index (χ3n) is 4.91. The molecule has 20 heavy (non-hydrogen) atoms. The van der Waals surface area contributed by atoms with Gasteiger partial charge >= 0.3 is 5.97 Å². The maximum Gasteiger partial charge on any atom is 0.307 e. The Morgan fingerprint density at radius 1 is 1.15 bits per heavy atom. The van der Waals surface area contributed by atoms with Gasteiger partial charge in [-0.25, -0.2) is 0 Å². The molecule has 2 N–H and O–H groups in total. The van der Waals surface area contributed by atoms with Gasteiger partial charge < -0.3 is 10.4 Å². The molecule has 2 aliphatic carbocycles. The van der Waals surface area contributed by atoms with Crippen LogP contribution in [0.1, 0.15) is 45.4 Å². The van der Waals surface area contributed by atoms with Crippen molar-refractivity contribution in [2.24, 2.45) is 23.7 Å². The fraction of sp³-hybridized carbons (Fsp3) is 0.750. The molecule has 0 aromatic heterocycles. The van der Waals surface area contributed by atoms with Gasteiger partial charge in [0.25, 0.3) is 0 Å². The first-order valence-electron chi connectivity index (χ1n) is 7.75. The van der Waals surface area contributed by atoms with Crippen molar-refractivity contribution in [1.82, 2.24) is 5.32 Å². The molecule has 2 aliphatic rings. The zero-order valence-corrected chi connectivity index (χ0v) is 12.2.